The van der Waals surface area contributed by atoms with E-state index in [2.05, 4.69) is 15.0 Å². The molecule has 1 fully saturated rings. The highest BCUT2D eigenvalue weighted by Gasteiger charge is 2.48. The number of imide groups is 1. The third kappa shape index (κ3) is 5.64. The zero-order valence-electron chi connectivity index (χ0n) is 16.5. The number of nitrogens with zero attached hydrogens (tertiary/aromatic N) is 2. The number of aryl methyl sites for hydroxylation is 1. The molecule has 1 aliphatic rings. The average molecular weight is 473 g/mol. The number of urea groups is 1. The van der Waals surface area contributed by atoms with Crippen molar-refractivity contribution in [2.24, 2.45) is 5.14 Å². The van der Waals surface area contributed by atoms with Crippen LogP contribution in [0.1, 0.15) is 18.9 Å². The number of carbonyl (C=O) groups is 2. The first-order valence-corrected chi connectivity index (χ1v) is 10.6. The summed E-state index contributed by atoms with van der Waals surface area (Å²) >= 11 is 0. The van der Waals surface area contributed by atoms with Gasteiger partial charge in [-0.3, -0.25) is 9.52 Å². The van der Waals surface area contributed by atoms with E-state index in [4.69, 9.17) is 5.14 Å². The number of pyridine rings is 1. The summed E-state index contributed by atoms with van der Waals surface area (Å²) in [4.78, 5) is 30.0. The minimum Gasteiger partial charge on any atom is -0.406 e. The summed E-state index contributed by atoms with van der Waals surface area (Å²) in [6.45, 7) is 1.51. The van der Waals surface area contributed by atoms with Gasteiger partial charge in [0.15, 0.2) is 0 Å². The van der Waals surface area contributed by atoms with Crippen molar-refractivity contribution in [2.75, 3.05) is 9.62 Å². The number of benzene rings is 1. The summed E-state index contributed by atoms with van der Waals surface area (Å²) in [5.41, 5.74) is -0.592. The number of hydrogen-bond acceptors (Lipinski definition) is 6. The molecular weight excluding hydrogens is 455 g/mol. The van der Waals surface area contributed by atoms with Crippen LogP contribution in [-0.2, 0) is 21.4 Å². The van der Waals surface area contributed by atoms with E-state index in [0.29, 0.717) is 5.56 Å². The molecule has 0 radical (unpaired) electrons. The quantitative estimate of drug-likeness (QED) is 0.525. The molecule has 2 heterocycles. The molecule has 32 heavy (non-hydrogen) atoms. The highest BCUT2D eigenvalue weighted by atomic mass is 32.2. The van der Waals surface area contributed by atoms with Crippen molar-refractivity contribution in [3.8, 4) is 5.75 Å². The molecule has 2 aromatic rings. The van der Waals surface area contributed by atoms with E-state index in [9.17, 15) is 31.2 Å². The Kier molecular flexibility index (Phi) is 6.02. The molecule has 1 atom stereocenters. The first-order chi connectivity index (χ1) is 14.8. The van der Waals surface area contributed by atoms with E-state index in [1.165, 1.54) is 31.3 Å². The third-order valence-corrected chi connectivity index (χ3v) is 5.07. The fourth-order valence-electron chi connectivity index (χ4n) is 3.11. The molecule has 4 N–H and O–H groups in total. The molecular formula is C18H18F3N5O5S. The van der Waals surface area contributed by atoms with Gasteiger partial charge in [0.2, 0.25) is 0 Å². The number of rotatable bonds is 7. The van der Waals surface area contributed by atoms with Crippen LogP contribution >= 0.6 is 0 Å². The highest BCUT2D eigenvalue weighted by Crippen LogP contribution is 2.30. The summed E-state index contributed by atoms with van der Waals surface area (Å²) in [6.07, 6.45) is -3.08. The Morgan fingerprint density at radius 3 is 2.47 bits per heavy atom. The molecule has 172 valence electrons. The second-order valence-corrected chi connectivity index (χ2v) is 8.44. The van der Waals surface area contributed by atoms with Crippen LogP contribution in [0.15, 0.2) is 42.6 Å². The van der Waals surface area contributed by atoms with Crippen molar-refractivity contribution < 1.29 is 35.9 Å². The molecule has 1 unspecified atom stereocenters. The molecule has 3 rings (SSSR count). The van der Waals surface area contributed by atoms with E-state index in [0.717, 1.165) is 17.0 Å². The molecule has 0 saturated carbocycles. The molecule has 1 aliphatic heterocycles. The van der Waals surface area contributed by atoms with Gasteiger partial charge in [0, 0.05) is 6.20 Å². The SMILES string of the molecule is CC1(CCc2ccnc(NS(N)(=O)=O)c2)NC(=O)N(c2ccc(OC(F)(F)F)cc2)C1=O. The monoisotopic (exact) mass is 473 g/mol. The summed E-state index contributed by atoms with van der Waals surface area (Å²) < 4.78 is 65.0. The predicted octanol–water partition coefficient (Wildman–Crippen LogP) is 2.04. The Balaban J connectivity index is 1.71. The number of hydrogen-bond donors (Lipinski definition) is 3. The molecule has 3 amide bonds. The lowest BCUT2D eigenvalue weighted by molar-refractivity contribution is -0.274. The standard InChI is InChI=1S/C18H18F3N5O5S/c1-17(8-6-11-7-9-23-14(10-11)25-32(22,29)30)15(27)26(16(28)24-17)12-2-4-13(5-3-12)31-18(19,20)21/h2-5,7,9-10H,6,8H2,1H3,(H,23,25)(H,24,28)(H2,22,29,30). The number of anilines is 2. The Bertz CT molecular complexity index is 1140. The van der Waals surface area contributed by atoms with Gasteiger partial charge in [-0.15, -0.1) is 13.2 Å². The normalized spacial score (nSPS) is 19.1. The number of nitrogens with two attached hydrogens (primary N) is 1. The largest absolute Gasteiger partial charge is 0.573 e. The molecule has 1 saturated heterocycles. The molecule has 14 heteroatoms. The van der Waals surface area contributed by atoms with Crippen LogP contribution in [0, 0.1) is 0 Å². The van der Waals surface area contributed by atoms with Gasteiger partial charge >= 0.3 is 12.4 Å². The Morgan fingerprint density at radius 1 is 1.22 bits per heavy atom. The smallest absolute Gasteiger partial charge is 0.406 e. The van der Waals surface area contributed by atoms with Crippen molar-refractivity contribution in [1.29, 1.82) is 0 Å². The summed E-state index contributed by atoms with van der Waals surface area (Å²) in [5, 5.41) is 7.50. The molecule has 10 nitrogen and oxygen atoms in total. The van der Waals surface area contributed by atoms with E-state index < -0.39 is 39.8 Å². The summed E-state index contributed by atoms with van der Waals surface area (Å²) in [5.74, 6) is -1.08. The minimum absolute atomic E-state index is 0.000251. The van der Waals surface area contributed by atoms with Gasteiger partial charge < -0.3 is 10.1 Å². The lowest BCUT2D eigenvalue weighted by Crippen LogP contribution is -2.44. The first-order valence-electron chi connectivity index (χ1n) is 9.04. The number of carbonyl (C=O) groups excluding carboxylic acids is 2. The van der Waals surface area contributed by atoms with Gasteiger partial charge in [-0.1, -0.05) is 0 Å². The fourth-order valence-corrected chi connectivity index (χ4v) is 3.51. The van der Waals surface area contributed by atoms with Gasteiger partial charge in [-0.2, -0.15) is 8.42 Å². The lowest BCUT2D eigenvalue weighted by Gasteiger charge is -2.22. The average Bonchev–Trinajstić information content (AvgIpc) is 2.88. The molecule has 0 aliphatic carbocycles. The van der Waals surface area contributed by atoms with Crippen molar-refractivity contribution in [3.63, 3.8) is 0 Å². The third-order valence-electron chi connectivity index (χ3n) is 4.57. The van der Waals surface area contributed by atoms with Crippen molar-refractivity contribution in [1.82, 2.24) is 10.3 Å². The minimum atomic E-state index is -4.86. The van der Waals surface area contributed by atoms with E-state index in [-0.39, 0.29) is 24.3 Å². The van der Waals surface area contributed by atoms with Crippen LogP contribution in [0.3, 0.4) is 0 Å². The van der Waals surface area contributed by atoms with Crippen molar-refractivity contribution >= 4 is 33.7 Å². The number of alkyl halides is 3. The maximum atomic E-state index is 12.9. The van der Waals surface area contributed by atoms with Crippen LogP contribution in [0.25, 0.3) is 0 Å². The first kappa shape index (κ1) is 23.3. The summed E-state index contributed by atoms with van der Waals surface area (Å²) in [6, 6.07) is 6.64. The van der Waals surface area contributed by atoms with Crippen LogP contribution in [-0.4, -0.2) is 37.2 Å². The number of halogens is 3. The Morgan fingerprint density at radius 2 is 1.88 bits per heavy atom. The highest BCUT2D eigenvalue weighted by molar-refractivity contribution is 7.90. The van der Waals surface area contributed by atoms with E-state index >= 15 is 0 Å². The van der Waals surface area contributed by atoms with Crippen LogP contribution in [0.2, 0.25) is 0 Å². The van der Waals surface area contributed by atoms with E-state index in [1.54, 1.807) is 6.07 Å². The second-order valence-electron chi connectivity index (χ2n) is 7.14. The second kappa shape index (κ2) is 8.27. The van der Waals surface area contributed by atoms with E-state index in [1.807, 2.05) is 4.72 Å². The topological polar surface area (TPSA) is 144 Å². The van der Waals surface area contributed by atoms with Gasteiger partial charge in [0.05, 0.1) is 5.69 Å². The van der Waals surface area contributed by atoms with Gasteiger partial charge in [0.1, 0.15) is 17.1 Å². The van der Waals surface area contributed by atoms with Crippen molar-refractivity contribution in [2.45, 2.75) is 31.7 Å². The van der Waals surface area contributed by atoms with Gasteiger partial charge in [0.25, 0.3) is 16.1 Å². The maximum absolute atomic E-state index is 12.9. The Labute approximate surface area is 180 Å². The van der Waals surface area contributed by atoms with Crippen LogP contribution in [0.5, 0.6) is 5.75 Å². The molecule has 0 bridgehead atoms. The zero-order chi connectivity index (χ0) is 23.7. The Hall–Kier alpha value is -3.39. The fraction of sp³-hybridized carbons (Fsp3) is 0.278. The number of aromatic nitrogens is 1. The predicted molar refractivity (Wildman–Crippen MR) is 107 cm³/mol. The van der Waals surface area contributed by atoms with Crippen molar-refractivity contribution in [3.05, 3.63) is 48.2 Å². The van der Waals surface area contributed by atoms with Gasteiger partial charge in [-0.05, 0) is 61.7 Å². The number of amides is 3. The molecule has 1 aromatic heterocycles. The molecule has 0 spiro atoms. The maximum Gasteiger partial charge on any atom is 0.573 e. The lowest BCUT2D eigenvalue weighted by atomic mass is 9.93. The number of nitrogens with one attached hydrogen (secondary N) is 2. The number of ether oxygens (including phenoxy) is 1. The zero-order valence-corrected chi connectivity index (χ0v) is 17.3. The van der Waals surface area contributed by atoms with Crippen LogP contribution < -0.4 is 24.8 Å². The van der Waals surface area contributed by atoms with Gasteiger partial charge in [-0.25, -0.2) is 19.8 Å². The molecule has 1 aromatic carbocycles. The summed E-state index contributed by atoms with van der Waals surface area (Å²) in [7, 11) is -4.01. The van der Waals surface area contributed by atoms with Crippen LogP contribution in [0.4, 0.5) is 29.5 Å².